The molecule has 1 fully saturated rings. The first kappa shape index (κ1) is 14.4. The summed E-state index contributed by atoms with van der Waals surface area (Å²) in [6, 6.07) is 2.51. The lowest BCUT2D eigenvalue weighted by Gasteiger charge is -2.34. The molecule has 1 heterocycles. The average molecular weight is 259 g/mol. The molecule has 0 aromatic carbocycles. The Morgan fingerprint density at radius 2 is 1.94 bits per heavy atom. The largest absolute Gasteiger partial charge is 0.298 e. The lowest BCUT2D eigenvalue weighted by molar-refractivity contribution is 0.227. The molecule has 1 aliphatic rings. The molecule has 1 unspecified atom stereocenters. The molecule has 0 aromatic rings. The Morgan fingerprint density at radius 3 is 2.35 bits per heavy atom. The summed E-state index contributed by atoms with van der Waals surface area (Å²) in [5.41, 5.74) is -0.616. The van der Waals surface area contributed by atoms with E-state index < -0.39 is 15.4 Å². The van der Waals surface area contributed by atoms with Crippen LogP contribution in [0.3, 0.4) is 0 Å². The number of nitriles is 1. The zero-order valence-corrected chi connectivity index (χ0v) is 11.5. The average Bonchev–Trinajstić information content (AvgIpc) is 2.20. The third-order valence-corrected chi connectivity index (χ3v) is 4.44. The van der Waals surface area contributed by atoms with E-state index in [1.165, 1.54) is 0 Å². The highest BCUT2D eigenvalue weighted by atomic mass is 32.2. The van der Waals surface area contributed by atoms with Crippen molar-refractivity contribution >= 4 is 9.84 Å². The van der Waals surface area contributed by atoms with Crippen molar-refractivity contribution in [1.29, 1.82) is 5.26 Å². The van der Waals surface area contributed by atoms with Gasteiger partial charge in [0.15, 0.2) is 9.84 Å². The first-order valence-electron chi connectivity index (χ1n) is 5.88. The van der Waals surface area contributed by atoms with Crippen molar-refractivity contribution < 1.29 is 8.42 Å². The minimum atomic E-state index is -2.85. The van der Waals surface area contributed by atoms with E-state index in [4.69, 9.17) is 0 Å². The highest BCUT2D eigenvalue weighted by molar-refractivity contribution is 7.91. The quantitative estimate of drug-likeness (QED) is 0.769. The monoisotopic (exact) mass is 259 g/mol. The van der Waals surface area contributed by atoms with Gasteiger partial charge in [-0.2, -0.15) is 5.26 Å². The van der Waals surface area contributed by atoms with Gasteiger partial charge < -0.3 is 0 Å². The summed E-state index contributed by atoms with van der Waals surface area (Å²) in [7, 11) is -2.85. The van der Waals surface area contributed by atoms with Gasteiger partial charge in [0.25, 0.3) is 0 Å². The maximum atomic E-state index is 11.3. The lowest BCUT2D eigenvalue weighted by atomic mass is 10.0. The summed E-state index contributed by atoms with van der Waals surface area (Å²) in [5.74, 6) is 0.409. The first-order chi connectivity index (χ1) is 7.76. The number of hydrogen-bond donors (Lipinski definition) is 1. The van der Waals surface area contributed by atoms with Gasteiger partial charge in [-0.25, -0.2) is 8.42 Å². The van der Waals surface area contributed by atoms with Crippen LogP contribution < -0.4 is 5.32 Å². The van der Waals surface area contributed by atoms with E-state index in [0.717, 1.165) is 0 Å². The Kier molecular flexibility index (Phi) is 4.53. The predicted octanol–water partition coefficient (Wildman–Crippen LogP) is -0.00292. The van der Waals surface area contributed by atoms with Gasteiger partial charge in [-0.3, -0.25) is 10.2 Å². The molecule has 5 nitrogen and oxygen atoms in total. The summed E-state index contributed by atoms with van der Waals surface area (Å²) in [5, 5.41) is 12.4. The van der Waals surface area contributed by atoms with E-state index in [1.807, 2.05) is 25.7 Å². The summed E-state index contributed by atoms with van der Waals surface area (Å²) >= 11 is 0. The molecule has 1 rings (SSSR count). The standard InChI is InChI=1S/C11H21N3O2S/c1-10(2)13-11(3,8-12)9-14-4-6-17(15,16)7-5-14/h10,13H,4-7,9H2,1-3H3. The number of hydrogen-bond acceptors (Lipinski definition) is 5. The van der Waals surface area contributed by atoms with Crippen molar-refractivity contribution in [3.63, 3.8) is 0 Å². The summed E-state index contributed by atoms with van der Waals surface area (Å²) < 4.78 is 22.6. The molecule has 6 heteroatoms. The van der Waals surface area contributed by atoms with Crippen LogP contribution in [0, 0.1) is 11.3 Å². The van der Waals surface area contributed by atoms with E-state index in [9.17, 15) is 13.7 Å². The highest BCUT2D eigenvalue weighted by Gasteiger charge is 2.30. The molecular weight excluding hydrogens is 238 g/mol. The maximum absolute atomic E-state index is 11.3. The zero-order valence-electron chi connectivity index (χ0n) is 10.7. The van der Waals surface area contributed by atoms with Gasteiger partial charge in [0.2, 0.25) is 0 Å². The smallest absolute Gasteiger partial charge is 0.152 e. The Balaban J connectivity index is 2.56. The van der Waals surface area contributed by atoms with Gasteiger partial charge >= 0.3 is 0 Å². The second-order valence-corrected chi connectivity index (χ2v) is 7.47. The molecule has 0 radical (unpaired) electrons. The Hall–Kier alpha value is -0.640. The fourth-order valence-electron chi connectivity index (χ4n) is 2.11. The molecule has 0 bridgehead atoms. The van der Waals surface area contributed by atoms with Crippen molar-refractivity contribution in [2.24, 2.45) is 0 Å². The molecule has 98 valence electrons. The number of rotatable bonds is 4. The Morgan fingerprint density at radius 1 is 1.41 bits per heavy atom. The third-order valence-electron chi connectivity index (χ3n) is 2.83. The third kappa shape index (κ3) is 4.62. The number of nitrogens with one attached hydrogen (secondary N) is 1. The maximum Gasteiger partial charge on any atom is 0.152 e. The normalized spacial score (nSPS) is 24.2. The zero-order chi connectivity index (χ0) is 13.1. The van der Waals surface area contributed by atoms with E-state index >= 15 is 0 Å². The van der Waals surface area contributed by atoms with Crippen molar-refractivity contribution in [1.82, 2.24) is 10.2 Å². The van der Waals surface area contributed by atoms with E-state index in [-0.39, 0.29) is 17.5 Å². The van der Waals surface area contributed by atoms with Gasteiger partial charge in [0, 0.05) is 25.7 Å². The summed E-state index contributed by atoms with van der Waals surface area (Å²) in [4.78, 5) is 2.04. The van der Waals surface area contributed by atoms with Gasteiger partial charge in [0.1, 0.15) is 5.54 Å². The minimum absolute atomic E-state index is 0.205. The Bertz CT molecular complexity index is 385. The van der Waals surface area contributed by atoms with Crippen LogP contribution >= 0.6 is 0 Å². The van der Waals surface area contributed by atoms with Crippen LogP contribution in [0.1, 0.15) is 20.8 Å². The molecule has 0 spiro atoms. The Labute approximate surface area is 104 Å². The second kappa shape index (κ2) is 5.34. The van der Waals surface area contributed by atoms with Crippen molar-refractivity contribution in [3.05, 3.63) is 0 Å². The van der Waals surface area contributed by atoms with E-state index in [2.05, 4.69) is 11.4 Å². The molecule has 0 saturated carbocycles. The van der Waals surface area contributed by atoms with Crippen LogP contribution in [-0.4, -0.2) is 56.0 Å². The van der Waals surface area contributed by atoms with E-state index in [0.29, 0.717) is 19.6 Å². The van der Waals surface area contributed by atoms with Crippen molar-refractivity contribution in [2.75, 3.05) is 31.1 Å². The second-order valence-electron chi connectivity index (χ2n) is 5.17. The van der Waals surface area contributed by atoms with Crippen LogP contribution in [-0.2, 0) is 9.84 Å². The van der Waals surface area contributed by atoms with Crippen LogP contribution in [0.4, 0.5) is 0 Å². The van der Waals surface area contributed by atoms with Crippen LogP contribution in [0.25, 0.3) is 0 Å². The fraction of sp³-hybridized carbons (Fsp3) is 0.909. The molecule has 1 atom stereocenters. The number of nitrogens with zero attached hydrogens (tertiary/aromatic N) is 2. The highest BCUT2D eigenvalue weighted by Crippen LogP contribution is 2.11. The summed E-state index contributed by atoms with van der Waals surface area (Å²) in [6.07, 6.45) is 0. The van der Waals surface area contributed by atoms with Crippen LogP contribution in [0.15, 0.2) is 0 Å². The molecule has 0 aliphatic carbocycles. The minimum Gasteiger partial charge on any atom is -0.298 e. The fourth-order valence-corrected chi connectivity index (χ4v) is 3.38. The topological polar surface area (TPSA) is 73.2 Å². The van der Waals surface area contributed by atoms with Gasteiger partial charge in [0.05, 0.1) is 17.6 Å². The number of sulfone groups is 1. The molecule has 1 aliphatic heterocycles. The lowest BCUT2D eigenvalue weighted by Crippen LogP contribution is -2.55. The van der Waals surface area contributed by atoms with Crippen molar-refractivity contribution in [3.8, 4) is 6.07 Å². The molecular formula is C11H21N3O2S. The van der Waals surface area contributed by atoms with Crippen LogP contribution in [0.2, 0.25) is 0 Å². The van der Waals surface area contributed by atoms with E-state index in [1.54, 1.807) is 0 Å². The molecule has 0 amide bonds. The molecule has 17 heavy (non-hydrogen) atoms. The van der Waals surface area contributed by atoms with Gasteiger partial charge in [-0.1, -0.05) is 0 Å². The molecule has 1 N–H and O–H groups in total. The van der Waals surface area contributed by atoms with Crippen LogP contribution in [0.5, 0.6) is 0 Å². The molecule has 1 saturated heterocycles. The predicted molar refractivity (Wildman–Crippen MR) is 67.4 cm³/mol. The first-order valence-corrected chi connectivity index (χ1v) is 7.70. The summed E-state index contributed by atoms with van der Waals surface area (Å²) in [6.45, 7) is 7.47. The van der Waals surface area contributed by atoms with Crippen molar-refractivity contribution in [2.45, 2.75) is 32.4 Å². The van der Waals surface area contributed by atoms with Gasteiger partial charge in [-0.05, 0) is 20.8 Å². The molecule has 0 aromatic heterocycles. The van der Waals surface area contributed by atoms with Gasteiger partial charge in [-0.15, -0.1) is 0 Å². The SMILES string of the molecule is CC(C)NC(C)(C#N)CN1CCS(=O)(=O)CC1.